The Kier molecular flexibility index (Phi) is 7.36. The molecular formula is C24H27N3O2. The molecule has 1 N–H and O–H groups in total. The fourth-order valence-electron chi connectivity index (χ4n) is 3.12. The molecule has 29 heavy (non-hydrogen) atoms. The number of likely N-dealkylation sites (N-methyl/N-ethyl adjacent to an activating group) is 1. The molecule has 0 aromatic heterocycles. The Morgan fingerprint density at radius 2 is 1.72 bits per heavy atom. The number of ether oxygens (including phenoxy) is 1. The molecular weight excluding hydrogens is 362 g/mol. The van der Waals surface area contributed by atoms with Crippen LogP contribution in [0.4, 0.5) is 0 Å². The van der Waals surface area contributed by atoms with Crippen molar-refractivity contribution in [2.45, 2.75) is 20.5 Å². The summed E-state index contributed by atoms with van der Waals surface area (Å²) in [6.07, 6.45) is 1.67. The second-order valence-electron chi connectivity index (χ2n) is 6.73. The second-order valence-corrected chi connectivity index (χ2v) is 6.73. The highest BCUT2D eigenvalue weighted by Gasteiger charge is 2.09. The molecule has 0 fully saturated rings. The third-order valence-corrected chi connectivity index (χ3v) is 4.81. The van der Waals surface area contributed by atoms with Crippen molar-refractivity contribution in [3.05, 3.63) is 77.9 Å². The van der Waals surface area contributed by atoms with Gasteiger partial charge in [-0.1, -0.05) is 74.5 Å². The van der Waals surface area contributed by atoms with Crippen molar-refractivity contribution < 1.29 is 9.53 Å². The van der Waals surface area contributed by atoms with Crippen LogP contribution in [0.5, 0.6) is 5.75 Å². The van der Waals surface area contributed by atoms with Gasteiger partial charge in [0.1, 0.15) is 12.4 Å². The Morgan fingerprint density at radius 1 is 1.00 bits per heavy atom. The van der Waals surface area contributed by atoms with Crippen molar-refractivity contribution in [2.75, 3.05) is 19.6 Å². The Balaban J connectivity index is 1.79. The summed E-state index contributed by atoms with van der Waals surface area (Å²) in [7, 11) is 0. The molecule has 0 aliphatic rings. The quantitative estimate of drug-likeness (QED) is 0.441. The number of nitrogens with one attached hydrogen (secondary N) is 1. The highest BCUT2D eigenvalue weighted by Crippen LogP contribution is 2.27. The van der Waals surface area contributed by atoms with Gasteiger partial charge in [0.25, 0.3) is 5.91 Å². The molecule has 3 rings (SSSR count). The van der Waals surface area contributed by atoms with Gasteiger partial charge in [0.15, 0.2) is 0 Å². The Bertz CT molecular complexity index is 966. The molecule has 0 aliphatic carbocycles. The molecule has 0 saturated carbocycles. The van der Waals surface area contributed by atoms with Crippen LogP contribution in [0.1, 0.15) is 25.0 Å². The maximum atomic E-state index is 12.1. The van der Waals surface area contributed by atoms with Crippen molar-refractivity contribution >= 4 is 22.9 Å². The van der Waals surface area contributed by atoms with Crippen LogP contribution in [0, 0.1) is 0 Å². The highest BCUT2D eigenvalue weighted by atomic mass is 16.5. The zero-order chi connectivity index (χ0) is 20.5. The predicted molar refractivity (Wildman–Crippen MR) is 118 cm³/mol. The van der Waals surface area contributed by atoms with Gasteiger partial charge in [-0.2, -0.15) is 5.10 Å². The van der Waals surface area contributed by atoms with Crippen LogP contribution < -0.4 is 10.2 Å². The molecule has 150 valence electrons. The number of hydrogen-bond donors (Lipinski definition) is 1. The van der Waals surface area contributed by atoms with E-state index in [0.717, 1.165) is 40.7 Å². The Labute approximate surface area is 172 Å². The fourth-order valence-corrected chi connectivity index (χ4v) is 3.12. The minimum atomic E-state index is -0.128. The van der Waals surface area contributed by atoms with E-state index in [4.69, 9.17) is 4.74 Å². The van der Waals surface area contributed by atoms with Crippen LogP contribution in [-0.4, -0.2) is 36.7 Å². The van der Waals surface area contributed by atoms with E-state index in [2.05, 4.69) is 10.5 Å². The van der Waals surface area contributed by atoms with E-state index in [1.807, 2.05) is 85.5 Å². The van der Waals surface area contributed by atoms with Gasteiger partial charge < -0.3 is 4.74 Å². The maximum absolute atomic E-state index is 12.1. The topological polar surface area (TPSA) is 53.9 Å². The first-order valence-corrected chi connectivity index (χ1v) is 9.94. The Morgan fingerprint density at radius 3 is 2.48 bits per heavy atom. The monoisotopic (exact) mass is 389 g/mol. The first kappa shape index (κ1) is 20.6. The summed E-state index contributed by atoms with van der Waals surface area (Å²) < 4.78 is 6.08. The number of fused-ring (bicyclic) bond motifs is 1. The van der Waals surface area contributed by atoms with Crippen molar-refractivity contribution in [2.24, 2.45) is 5.10 Å². The van der Waals surface area contributed by atoms with Crippen LogP contribution in [0.15, 0.2) is 71.8 Å². The van der Waals surface area contributed by atoms with Crippen LogP contribution in [0.3, 0.4) is 0 Å². The molecule has 0 heterocycles. The van der Waals surface area contributed by atoms with E-state index in [1.165, 1.54) is 0 Å². The predicted octanol–water partition coefficient (Wildman–Crippen LogP) is 4.21. The zero-order valence-corrected chi connectivity index (χ0v) is 17.0. The normalized spacial score (nSPS) is 11.3. The summed E-state index contributed by atoms with van der Waals surface area (Å²) in [6.45, 7) is 6.52. The number of benzene rings is 3. The lowest BCUT2D eigenvalue weighted by Crippen LogP contribution is -2.35. The van der Waals surface area contributed by atoms with Gasteiger partial charge in [0.05, 0.1) is 12.8 Å². The SMILES string of the molecule is CCN(CC)CC(=O)NN=Cc1c(OCc2ccccc2)ccc2ccccc12. The number of amides is 1. The lowest BCUT2D eigenvalue weighted by Gasteiger charge is -2.16. The third kappa shape index (κ3) is 5.65. The summed E-state index contributed by atoms with van der Waals surface area (Å²) in [6, 6.07) is 22.1. The molecule has 0 atom stereocenters. The summed E-state index contributed by atoms with van der Waals surface area (Å²) >= 11 is 0. The molecule has 3 aromatic rings. The Hall–Kier alpha value is -3.18. The summed E-state index contributed by atoms with van der Waals surface area (Å²) in [5.41, 5.74) is 4.57. The highest BCUT2D eigenvalue weighted by molar-refractivity contribution is 6.02. The van der Waals surface area contributed by atoms with E-state index >= 15 is 0 Å². The van der Waals surface area contributed by atoms with E-state index in [-0.39, 0.29) is 5.91 Å². The van der Waals surface area contributed by atoms with E-state index in [0.29, 0.717) is 13.2 Å². The summed E-state index contributed by atoms with van der Waals surface area (Å²) in [5.74, 6) is 0.603. The van der Waals surface area contributed by atoms with Gasteiger partial charge in [0, 0.05) is 5.56 Å². The minimum Gasteiger partial charge on any atom is -0.488 e. The number of hydrogen-bond acceptors (Lipinski definition) is 4. The molecule has 0 radical (unpaired) electrons. The van der Waals surface area contributed by atoms with E-state index < -0.39 is 0 Å². The molecule has 0 aliphatic heterocycles. The number of rotatable bonds is 9. The van der Waals surface area contributed by atoms with Gasteiger partial charge in [-0.25, -0.2) is 5.43 Å². The summed E-state index contributed by atoms with van der Waals surface area (Å²) in [4.78, 5) is 14.2. The van der Waals surface area contributed by atoms with Crippen molar-refractivity contribution in [1.29, 1.82) is 0 Å². The van der Waals surface area contributed by atoms with Gasteiger partial charge in [-0.3, -0.25) is 9.69 Å². The number of nitrogens with zero attached hydrogens (tertiary/aromatic N) is 2. The number of hydrazone groups is 1. The smallest absolute Gasteiger partial charge is 0.254 e. The fraction of sp³-hybridized carbons (Fsp3) is 0.250. The third-order valence-electron chi connectivity index (χ3n) is 4.81. The number of carbonyl (C=O) groups is 1. The number of carbonyl (C=O) groups excluding carboxylic acids is 1. The second kappa shape index (κ2) is 10.4. The average Bonchev–Trinajstić information content (AvgIpc) is 2.77. The van der Waals surface area contributed by atoms with Crippen molar-refractivity contribution in [1.82, 2.24) is 10.3 Å². The lowest BCUT2D eigenvalue weighted by molar-refractivity contribution is -0.122. The van der Waals surface area contributed by atoms with Crippen LogP contribution in [0.2, 0.25) is 0 Å². The zero-order valence-electron chi connectivity index (χ0n) is 17.0. The molecule has 1 amide bonds. The van der Waals surface area contributed by atoms with Gasteiger partial charge >= 0.3 is 0 Å². The minimum absolute atomic E-state index is 0.128. The molecule has 0 bridgehead atoms. The first-order chi connectivity index (χ1) is 14.2. The van der Waals surface area contributed by atoms with Crippen molar-refractivity contribution in [3.63, 3.8) is 0 Å². The van der Waals surface area contributed by atoms with Gasteiger partial charge in [0.2, 0.25) is 0 Å². The van der Waals surface area contributed by atoms with E-state index in [9.17, 15) is 4.79 Å². The lowest BCUT2D eigenvalue weighted by atomic mass is 10.0. The largest absolute Gasteiger partial charge is 0.488 e. The average molecular weight is 389 g/mol. The van der Waals surface area contributed by atoms with Crippen molar-refractivity contribution in [3.8, 4) is 5.75 Å². The van der Waals surface area contributed by atoms with Gasteiger partial charge in [-0.15, -0.1) is 0 Å². The molecule has 0 spiro atoms. The molecule has 0 unspecified atom stereocenters. The van der Waals surface area contributed by atoms with Gasteiger partial charge in [-0.05, 0) is 35.5 Å². The molecule has 5 heteroatoms. The van der Waals surface area contributed by atoms with Crippen LogP contribution >= 0.6 is 0 Å². The molecule has 0 saturated heterocycles. The van der Waals surface area contributed by atoms with Crippen LogP contribution in [0.25, 0.3) is 10.8 Å². The molecule has 5 nitrogen and oxygen atoms in total. The first-order valence-electron chi connectivity index (χ1n) is 9.94. The van der Waals surface area contributed by atoms with E-state index in [1.54, 1.807) is 6.21 Å². The van der Waals surface area contributed by atoms with Crippen LogP contribution in [-0.2, 0) is 11.4 Å². The summed E-state index contributed by atoms with van der Waals surface area (Å²) in [5, 5.41) is 6.32. The molecule has 3 aromatic carbocycles. The standard InChI is InChI=1S/C24H27N3O2/c1-3-27(4-2)17-24(28)26-25-16-22-21-13-9-8-12-20(21)14-15-23(22)29-18-19-10-6-5-7-11-19/h5-16H,3-4,17-18H2,1-2H3,(H,26,28). The maximum Gasteiger partial charge on any atom is 0.254 e.